The van der Waals surface area contributed by atoms with Crippen LogP contribution in [0, 0.1) is 13.8 Å². The average Bonchev–Trinajstić information content (AvgIpc) is 2.70. The zero-order chi connectivity index (χ0) is 12.3. The molecular weight excluding hydrogens is 242 g/mol. The smallest absolute Gasteiger partial charge is 0.228 e. The summed E-state index contributed by atoms with van der Waals surface area (Å²) in [6, 6.07) is 0. The molecule has 0 fully saturated rings. The van der Waals surface area contributed by atoms with Crippen LogP contribution in [0.5, 0.6) is 0 Å². The molecule has 17 heavy (non-hydrogen) atoms. The summed E-state index contributed by atoms with van der Waals surface area (Å²) >= 11 is 5.88. The van der Waals surface area contributed by atoms with Crippen molar-refractivity contribution < 1.29 is 4.52 Å². The van der Waals surface area contributed by atoms with Gasteiger partial charge in [0.1, 0.15) is 17.3 Å². The van der Waals surface area contributed by atoms with E-state index in [-0.39, 0.29) is 0 Å². The molecule has 0 aliphatic rings. The molecule has 0 radical (unpaired) electrons. The van der Waals surface area contributed by atoms with Crippen molar-refractivity contribution in [2.75, 3.05) is 11.9 Å². The third-order valence-corrected chi connectivity index (χ3v) is 2.60. The minimum Gasteiger partial charge on any atom is -0.369 e. The van der Waals surface area contributed by atoms with Crippen molar-refractivity contribution in [2.45, 2.75) is 20.3 Å². The molecular formula is C10H12ClN5O. The maximum atomic E-state index is 5.88. The van der Waals surface area contributed by atoms with Gasteiger partial charge in [0.2, 0.25) is 5.89 Å². The molecule has 2 aromatic rings. The van der Waals surface area contributed by atoms with Crippen molar-refractivity contribution in [3.63, 3.8) is 0 Å². The summed E-state index contributed by atoms with van der Waals surface area (Å²) in [6.45, 7) is 4.30. The second-order valence-corrected chi connectivity index (χ2v) is 3.91. The molecule has 6 nitrogen and oxygen atoms in total. The van der Waals surface area contributed by atoms with Crippen LogP contribution in [0.4, 0.5) is 5.82 Å². The summed E-state index contributed by atoms with van der Waals surface area (Å²) in [7, 11) is 0. The SMILES string of the molecule is Cc1noc(CCNc2ncnc(Cl)c2C)n1. The maximum Gasteiger partial charge on any atom is 0.228 e. The molecule has 2 heterocycles. The molecule has 7 heteroatoms. The standard InChI is InChI=1S/C10H12ClN5O/c1-6-9(11)13-5-14-10(6)12-4-3-8-15-7(2)16-17-8/h5H,3-4H2,1-2H3,(H,12,13,14). The predicted octanol–water partition coefficient (Wildman–Crippen LogP) is 1.78. The highest BCUT2D eigenvalue weighted by Crippen LogP contribution is 2.17. The van der Waals surface area contributed by atoms with E-state index in [9.17, 15) is 0 Å². The van der Waals surface area contributed by atoms with E-state index in [2.05, 4.69) is 25.4 Å². The van der Waals surface area contributed by atoms with Crippen LogP contribution in [0.3, 0.4) is 0 Å². The summed E-state index contributed by atoms with van der Waals surface area (Å²) in [4.78, 5) is 12.1. The molecule has 0 saturated heterocycles. The Hall–Kier alpha value is -1.69. The van der Waals surface area contributed by atoms with Gasteiger partial charge in [0.25, 0.3) is 0 Å². The lowest BCUT2D eigenvalue weighted by atomic mass is 10.3. The molecule has 0 amide bonds. The Morgan fingerprint density at radius 1 is 1.35 bits per heavy atom. The molecule has 0 aliphatic heterocycles. The van der Waals surface area contributed by atoms with Gasteiger partial charge < -0.3 is 9.84 Å². The minimum absolute atomic E-state index is 0.455. The van der Waals surface area contributed by atoms with Crippen LogP contribution >= 0.6 is 11.6 Å². The fourth-order valence-corrected chi connectivity index (χ4v) is 1.47. The first-order chi connectivity index (χ1) is 8.16. The number of hydrogen-bond acceptors (Lipinski definition) is 6. The Morgan fingerprint density at radius 3 is 2.88 bits per heavy atom. The third-order valence-electron chi connectivity index (χ3n) is 2.22. The Labute approximate surface area is 103 Å². The third kappa shape index (κ3) is 2.91. The zero-order valence-electron chi connectivity index (χ0n) is 9.57. The molecule has 0 aliphatic carbocycles. The van der Waals surface area contributed by atoms with Crippen LogP contribution in [0.1, 0.15) is 17.3 Å². The fraction of sp³-hybridized carbons (Fsp3) is 0.400. The lowest BCUT2D eigenvalue weighted by molar-refractivity contribution is 0.377. The quantitative estimate of drug-likeness (QED) is 0.837. The molecule has 1 N–H and O–H groups in total. The highest BCUT2D eigenvalue weighted by Gasteiger charge is 2.06. The van der Waals surface area contributed by atoms with Gasteiger partial charge in [0.05, 0.1) is 0 Å². The summed E-state index contributed by atoms with van der Waals surface area (Å²) in [5, 5.41) is 7.32. The van der Waals surface area contributed by atoms with E-state index in [0.717, 1.165) is 11.4 Å². The van der Waals surface area contributed by atoms with Crippen molar-refractivity contribution in [2.24, 2.45) is 0 Å². The number of aryl methyl sites for hydroxylation is 1. The zero-order valence-corrected chi connectivity index (χ0v) is 10.3. The van der Waals surface area contributed by atoms with Crippen molar-refractivity contribution in [3.8, 4) is 0 Å². The van der Waals surface area contributed by atoms with Crippen molar-refractivity contribution >= 4 is 17.4 Å². The van der Waals surface area contributed by atoms with Gasteiger partial charge in [-0.05, 0) is 13.8 Å². The first-order valence-electron chi connectivity index (χ1n) is 5.17. The van der Waals surface area contributed by atoms with E-state index >= 15 is 0 Å². The van der Waals surface area contributed by atoms with Crippen LogP contribution in [-0.4, -0.2) is 26.7 Å². The van der Waals surface area contributed by atoms with Gasteiger partial charge in [-0.2, -0.15) is 4.98 Å². The number of rotatable bonds is 4. The Morgan fingerprint density at radius 2 is 2.18 bits per heavy atom. The topological polar surface area (TPSA) is 76.7 Å². The van der Waals surface area contributed by atoms with E-state index in [1.54, 1.807) is 6.92 Å². The average molecular weight is 254 g/mol. The molecule has 0 spiro atoms. The molecule has 90 valence electrons. The van der Waals surface area contributed by atoms with Gasteiger partial charge in [0.15, 0.2) is 5.82 Å². The van der Waals surface area contributed by atoms with Crippen LogP contribution in [0.2, 0.25) is 5.15 Å². The first kappa shape index (κ1) is 11.8. The molecule has 0 saturated carbocycles. The number of halogens is 1. The molecule has 0 bridgehead atoms. The van der Waals surface area contributed by atoms with Gasteiger partial charge in [-0.1, -0.05) is 16.8 Å². The number of anilines is 1. The Balaban J connectivity index is 1.92. The number of hydrogen-bond donors (Lipinski definition) is 1. The molecule has 2 rings (SSSR count). The lowest BCUT2D eigenvalue weighted by Crippen LogP contribution is -2.08. The highest BCUT2D eigenvalue weighted by atomic mass is 35.5. The monoisotopic (exact) mass is 253 g/mol. The summed E-state index contributed by atoms with van der Waals surface area (Å²) in [6.07, 6.45) is 2.07. The molecule has 0 unspecified atom stereocenters. The second-order valence-electron chi connectivity index (χ2n) is 3.55. The molecule has 2 aromatic heterocycles. The van der Waals surface area contributed by atoms with E-state index in [4.69, 9.17) is 16.1 Å². The maximum absolute atomic E-state index is 5.88. The van der Waals surface area contributed by atoms with Gasteiger partial charge in [0, 0.05) is 18.5 Å². The van der Waals surface area contributed by atoms with E-state index < -0.39 is 0 Å². The second kappa shape index (κ2) is 5.09. The summed E-state index contributed by atoms with van der Waals surface area (Å²) < 4.78 is 5.00. The number of aromatic nitrogens is 4. The van der Waals surface area contributed by atoms with Crippen LogP contribution in [0.25, 0.3) is 0 Å². The number of nitrogens with zero attached hydrogens (tertiary/aromatic N) is 4. The summed E-state index contributed by atoms with van der Waals surface area (Å²) in [5.41, 5.74) is 0.830. The van der Waals surface area contributed by atoms with Crippen molar-refractivity contribution in [3.05, 3.63) is 28.8 Å². The molecule has 0 aromatic carbocycles. The highest BCUT2D eigenvalue weighted by molar-refractivity contribution is 6.30. The predicted molar refractivity (Wildman–Crippen MR) is 63.0 cm³/mol. The Bertz CT molecular complexity index is 513. The van der Waals surface area contributed by atoms with E-state index in [1.807, 2.05) is 6.92 Å². The summed E-state index contributed by atoms with van der Waals surface area (Å²) in [5.74, 6) is 1.97. The normalized spacial score (nSPS) is 10.5. The molecule has 0 atom stereocenters. The van der Waals surface area contributed by atoms with E-state index in [0.29, 0.717) is 29.8 Å². The largest absolute Gasteiger partial charge is 0.369 e. The Kier molecular flexibility index (Phi) is 3.53. The van der Waals surface area contributed by atoms with Gasteiger partial charge in [-0.15, -0.1) is 0 Å². The van der Waals surface area contributed by atoms with Crippen LogP contribution in [-0.2, 0) is 6.42 Å². The van der Waals surface area contributed by atoms with Gasteiger partial charge >= 0.3 is 0 Å². The number of nitrogens with one attached hydrogen (secondary N) is 1. The first-order valence-corrected chi connectivity index (χ1v) is 5.55. The van der Waals surface area contributed by atoms with Crippen molar-refractivity contribution in [1.82, 2.24) is 20.1 Å². The minimum atomic E-state index is 0.455. The van der Waals surface area contributed by atoms with Crippen molar-refractivity contribution in [1.29, 1.82) is 0 Å². The van der Waals surface area contributed by atoms with E-state index in [1.165, 1.54) is 6.33 Å². The van der Waals surface area contributed by atoms with Gasteiger partial charge in [-0.3, -0.25) is 0 Å². The van der Waals surface area contributed by atoms with Crippen LogP contribution < -0.4 is 5.32 Å². The fourth-order valence-electron chi connectivity index (χ4n) is 1.34. The van der Waals surface area contributed by atoms with Crippen LogP contribution in [0.15, 0.2) is 10.9 Å². The van der Waals surface area contributed by atoms with Gasteiger partial charge in [-0.25, -0.2) is 9.97 Å². The lowest BCUT2D eigenvalue weighted by Gasteiger charge is -2.06.